The van der Waals surface area contributed by atoms with Crippen molar-refractivity contribution in [3.05, 3.63) is 108 Å². The highest BCUT2D eigenvalue weighted by Crippen LogP contribution is 2.19. The molecule has 8 nitrogen and oxygen atoms in total. The largest absolute Gasteiger partial charge is 0.342 e. The summed E-state index contributed by atoms with van der Waals surface area (Å²) in [4.78, 5) is 30.8. The number of aryl methyl sites for hydroxylation is 1. The quantitative estimate of drug-likeness (QED) is 0.277. The van der Waals surface area contributed by atoms with Gasteiger partial charge in [-0.05, 0) is 42.7 Å². The molecule has 196 valence electrons. The van der Waals surface area contributed by atoms with Crippen molar-refractivity contribution in [3.8, 4) is 0 Å². The molecule has 0 saturated heterocycles. The minimum Gasteiger partial charge on any atom is -0.342 e. The van der Waals surface area contributed by atoms with E-state index in [1.54, 1.807) is 26.8 Å². The highest BCUT2D eigenvalue weighted by atomic mass is 16.5. The molecule has 0 saturated carbocycles. The molecule has 1 heterocycles. The first kappa shape index (κ1) is 26.8. The van der Waals surface area contributed by atoms with Crippen LogP contribution >= 0.6 is 0 Å². The Kier molecular flexibility index (Phi) is 8.33. The zero-order valence-corrected chi connectivity index (χ0v) is 21.8. The summed E-state index contributed by atoms with van der Waals surface area (Å²) in [6, 6.07) is 22.3. The van der Waals surface area contributed by atoms with Crippen molar-refractivity contribution in [1.29, 1.82) is 0 Å². The van der Waals surface area contributed by atoms with Crippen molar-refractivity contribution in [3.63, 3.8) is 0 Å². The molecule has 0 aliphatic rings. The molecule has 0 bridgehead atoms. The molecule has 4 aromatic rings. The summed E-state index contributed by atoms with van der Waals surface area (Å²) >= 11 is 0. The van der Waals surface area contributed by atoms with Gasteiger partial charge in [-0.15, -0.1) is 0 Å². The fraction of sp³-hybridized carbons (Fsp3) is 0.267. The van der Waals surface area contributed by atoms with E-state index in [4.69, 9.17) is 10.3 Å². The first-order valence-corrected chi connectivity index (χ1v) is 12.6. The predicted octanol–water partition coefficient (Wildman–Crippen LogP) is 3.95. The van der Waals surface area contributed by atoms with Crippen LogP contribution in [-0.4, -0.2) is 33.5 Å². The molecular weight excluding hydrogens is 478 g/mol. The Morgan fingerprint density at radius 2 is 1.66 bits per heavy atom. The van der Waals surface area contributed by atoms with Gasteiger partial charge in [-0.1, -0.05) is 84.0 Å². The molecule has 3 aromatic carbocycles. The van der Waals surface area contributed by atoms with Gasteiger partial charge in [0, 0.05) is 24.5 Å². The number of hydrogen-bond donors (Lipinski definition) is 3. The number of fused-ring (bicyclic) bond motifs is 1. The molecule has 0 fully saturated rings. The molecule has 0 aliphatic carbocycles. The van der Waals surface area contributed by atoms with Crippen LogP contribution in [0.1, 0.15) is 42.7 Å². The van der Waals surface area contributed by atoms with Crippen molar-refractivity contribution in [2.45, 2.75) is 51.2 Å². The van der Waals surface area contributed by atoms with Gasteiger partial charge in [0.15, 0.2) is 5.82 Å². The van der Waals surface area contributed by atoms with Crippen LogP contribution < -0.4 is 16.4 Å². The Morgan fingerprint density at radius 1 is 0.947 bits per heavy atom. The number of benzene rings is 3. The molecule has 0 radical (unpaired) electrons. The standard InChI is InChI=1S/C30H33N5O3/c1-20-32-29(38-35-20)26(18-21-9-5-4-6-10-21)34-28(37)25(33-27(36)15-16-30(2,3)31)19-22-13-14-23-11-7-8-12-24(23)17-22/h4-17,25-26H,18-19,31H2,1-3H3,(H,33,36)(H,34,37)/t25?,26-/m1/s1. The van der Waals surface area contributed by atoms with Gasteiger partial charge in [-0.3, -0.25) is 9.59 Å². The van der Waals surface area contributed by atoms with Crippen molar-refractivity contribution < 1.29 is 14.1 Å². The maximum Gasteiger partial charge on any atom is 0.249 e. The molecule has 1 unspecified atom stereocenters. The topological polar surface area (TPSA) is 123 Å². The number of amides is 2. The van der Waals surface area contributed by atoms with Crippen LogP contribution in [0.15, 0.2) is 89.5 Å². The smallest absolute Gasteiger partial charge is 0.249 e. The number of nitrogens with two attached hydrogens (primary N) is 1. The van der Waals surface area contributed by atoms with Gasteiger partial charge in [0.1, 0.15) is 12.1 Å². The number of rotatable bonds is 10. The van der Waals surface area contributed by atoms with Crippen LogP contribution in [0.2, 0.25) is 0 Å². The second-order valence-corrected chi connectivity index (χ2v) is 10.0. The first-order valence-electron chi connectivity index (χ1n) is 12.6. The molecular formula is C30H33N5O3. The van der Waals surface area contributed by atoms with Crippen molar-refractivity contribution in [2.24, 2.45) is 5.73 Å². The monoisotopic (exact) mass is 511 g/mol. The minimum atomic E-state index is -0.850. The average molecular weight is 512 g/mol. The fourth-order valence-corrected chi connectivity index (χ4v) is 4.10. The van der Waals surface area contributed by atoms with E-state index in [9.17, 15) is 9.59 Å². The van der Waals surface area contributed by atoms with Gasteiger partial charge in [0.05, 0.1) is 0 Å². The molecule has 0 spiro atoms. The highest BCUT2D eigenvalue weighted by Gasteiger charge is 2.27. The summed E-state index contributed by atoms with van der Waals surface area (Å²) in [5.74, 6) is 0.0181. The Labute approximate surface area is 222 Å². The van der Waals surface area contributed by atoms with Gasteiger partial charge in [0.2, 0.25) is 17.7 Å². The van der Waals surface area contributed by atoms with Crippen LogP contribution in [0.5, 0.6) is 0 Å². The predicted molar refractivity (Wildman–Crippen MR) is 147 cm³/mol. The Bertz CT molecular complexity index is 1420. The minimum absolute atomic E-state index is 0.295. The van der Waals surface area contributed by atoms with E-state index in [0.29, 0.717) is 24.6 Å². The third kappa shape index (κ3) is 7.60. The Hall–Kier alpha value is -4.30. The first-order chi connectivity index (χ1) is 18.2. The third-order valence-electron chi connectivity index (χ3n) is 5.99. The molecule has 8 heteroatoms. The summed E-state index contributed by atoms with van der Waals surface area (Å²) in [6.45, 7) is 5.30. The lowest BCUT2D eigenvalue weighted by atomic mass is 10.00. The van der Waals surface area contributed by atoms with Gasteiger partial charge < -0.3 is 20.9 Å². The molecule has 4 rings (SSSR count). The SMILES string of the molecule is Cc1noc([C@@H](Cc2ccccc2)NC(=O)C(Cc2ccc3ccccc3c2)NC(=O)C=CC(C)(C)N)n1. The second-order valence-electron chi connectivity index (χ2n) is 10.0. The van der Waals surface area contributed by atoms with E-state index in [-0.39, 0.29) is 5.91 Å². The van der Waals surface area contributed by atoms with E-state index >= 15 is 0 Å². The van der Waals surface area contributed by atoms with Crippen molar-refractivity contribution in [1.82, 2.24) is 20.8 Å². The number of carbonyl (C=O) groups is 2. The normalized spacial score (nSPS) is 13.4. The Morgan fingerprint density at radius 3 is 2.34 bits per heavy atom. The number of nitrogens with zero attached hydrogens (tertiary/aromatic N) is 2. The van der Waals surface area contributed by atoms with Gasteiger partial charge >= 0.3 is 0 Å². The van der Waals surface area contributed by atoms with Crippen LogP contribution in [0.3, 0.4) is 0 Å². The van der Waals surface area contributed by atoms with E-state index < -0.39 is 23.5 Å². The van der Waals surface area contributed by atoms with E-state index in [2.05, 4.69) is 20.8 Å². The van der Waals surface area contributed by atoms with Crippen molar-refractivity contribution >= 4 is 22.6 Å². The number of aromatic nitrogens is 2. The molecule has 38 heavy (non-hydrogen) atoms. The second kappa shape index (κ2) is 11.8. The van der Waals surface area contributed by atoms with Gasteiger partial charge in [-0.2, -0.15) is 4.98 Å². The lowest BCUT2D eigenvalue weighted by Gasteiger charge is -2.22. The summed E-state index contributed by atoms with van der Waals surface area (Å²) < 4.78 is 5.41. The van der Waals surface area contributed by atoms with Crippen LogP contribution in [-0.2, 0) is 22.4 Å². The van der Waals surface area contributed by atoms with Crippen LogP contribution in [0.25, 0.3) is 10.8 Å². The van der Waals surface area contributed by atoms with E-state index in [0.717, 1.165) is 21.9 Å². The lowest BCUT2D eigenvalue weighted by molar-refractivity contribution is -0.127. The lowest BCUT2D eigenvalue weighted by Crippen LogP contribution is -2.49. The highest BCUT2D eigenvalue weighted by molar-refractivity contribution is 5.93. The van der Waals surface area contributed by atoms with E-state index in [1.807, 2.05) is 72.8 Å². The maximum atomic E-state index is 13.7. The van der Waals surface area contributed by atoms with E-state index in [1.165, 1.54) is 6.08 Å². The summed E-state index contributed by atoms with van der Waals surface area (Å²) in [5, 5.41) is 11.9. The zero-order chi connectivity index (χ0) is 27.1. The third-order valence-corrected chi connectivity index (χ3v) is 5.99. The summed E-state index contributed by atoms with van der Waals surface area (Å²) in [5.41, 5.74) is 7.24. The van der Waals surface area contributed by atoms with Crippen LogP contribution in [0.4, 0.5) is 0 Å². The summed E-state index contributed by atoms with van der Waals surface area (Å²) in [6.07, 6.45) is 3.71. The number of hydrogen-bond acceptors (Lipinski definition) is 6. The average Bonchev–Trinajstić information content (AvgIpc) is 3.33. The van der Waals surface area contributed by atoms with Crippen LogP contribution in [0, 0.1) is 6.92 Å². The molecule has 4 N–H and O–H groups in total. The summed E-state index contributed by atoms with van der Waals surface area (Å²) in [7, 11) is 0. The zero-order valence-electron chi connectivity index (χ0n) is 21.8. The number of nitrogens with one attached hydrogen (secondary N) is 2. The van der Waals surface area contributed by atoms with Gasteiger partial charge in [0.25, 0.3) is 0 Å². The molecule has 2 amide bonds. The molecule has 0 aliphatic heterocycles. The molecule has 2 atom stereocenters. The Balaban J connectivity index is 1.59. The van der Waals surface area contributed by atoms with Crippen molar-refractivity contribution in [2.75, 3.05) is 0 Å². The van der Waals surface area contributed by atoms with Gasteiger partial charge in [-0.25, -0.2) is 0 Å². The fourth-order valence-electron chi connectivity index (χ4n) is 4.10. The molecule has 1 aromatic heterocycles. The number of carbonyl (C=O) groups excluding carboxylic acids is 2. The maximum absolute atomic E-state index is 13.7.